The van der Waals surface area contributed by atoms with Gasteiger partial charge in [0, 0.05) is 16.9 Å². The minimum absolute atomic E-state index is 0.610. The Morgan fingerprint density at radius 3 is 2.41 bits per heavy atom. The molecule has 0 amide bonds. The summed E-state index contributed by atoms with van der Waals surface area (Å²) in [5.41, 5.74) is 4.44. The zero-order valence-electron chi connectivity index (χ0n) is 23.6. The van der Waals surface area contributed by atoms with E-state index < -0.39 is 0 Å². The first-order chi connectivity index (χ1) is 20.2. The smallest absolute Gasteiger partial charge is 0.131 e. The number of aromatic nitrogens is 1. The summed E-state index contributed by atoms with van der Waals surface area (Å²) in [5, 5.41) is 7.33. The Hall–Kier alpha value is -3.89. The maximum atomic E-state index is 5.83. The van der Waals surface area contributed by atoms with Crippen LogP contribution < -0.4 is 9.47 Å². The second kappa shape index (κ2) is 12.3. The van der Waals surface area contributed by atoms with Crippen LogP contribution in [0.3, 0.4) is 0 Å². The third-order valence-electron chi connectivity index (χ3n) is 8.31. The van der Waals surface area contributed by atoms with Gasteiger partial charge in [0.15, 0.2) is 0 Å². The molecule has 1 atom stereocenters. The van der Waals surface area contributed by atoms with Gasteiger partial charge in [-0.3, -0.25) is 4.98 Å². The molecule has 41 heavy (non-hydrogen) atoms. The number of hydrogen-bond acceptors (Lipinski definition) is 3. The number of benzene rings is 5. The molecule has 1 heterocycles. The number of ether oxygens (including phenoxy) is 2. The lowest BCUT2D eigenvalue weighted by Crippen LogP contribution is -2.11. The van der Waals surface area contributed by atoms with Crippen LogP contribution in [0.25, 0.3) is 32.3 Å². The normalized spacial score (nSPS) is 14.4. The lowest BCUT2D eigenvalue weighted by Gasteiger charge is -2.27. The molecular weight excluding hydrogens is 570 g/mol. The molecule has 0 aliphatic heterocycles. The summed E-state index contributed by atoms with van der Waals surface area (Å²) in [5.74, 6) is 2.37. The van der Waals surface area contributed by atoms with E-state index >= 15 is 0 Å². The summed E-state index contributed by atoms with van der Waals surface area (Å²) < 4.78 is 12.6. The Bertz CT molecular complexity index is 1760. The van der Waals surface area contributed by atoms with Crippen LogP contribution in [0.4, 0.5) is 0 Å². The zero-order valence-corrected chi connectivity index (χ0v) is 25.2. The van der Waals surface area contributed by atoms with Crippen molar-refractivity contribution in [3.05, 3.63) is 125 Å². The standard InChI is InChI=1S/C28H27BrO2.C9H7N/c1-30-26-11-5-10-24-23-15-14-21-19(13-12-18-6-3-8-20(29)16-18)7-4-9-22(21)25(23)17-27(31-2)28(24)26;1-2-4-9-7-10-6-5-8(9)3-1/h3,5-6,8,10-11,14-17,19H,4,7,9,12-13H2,1-2H3;1-7H. The lowest BCUT2D eigenvalue weighted by molar-refractivity contribution is 0.405. The van der Waals surface area contributed by atoms with Crippen LogP contribution in [0, 0.1) is 0 Å². The van der Waals surface area contributed by atoms with Gasteiger partial charge >= 0.3 is 0 Å². The van der Waals surface area contributed by atoms with E-state index in [-0.39, 0.29) is 0 Å². The van der Waals surface area contributed by atoms with Gasteiger partial charge in [-0.2, -0.15) is 0 Å². The summed E-state index contributed by atoms with van der Waals surface area (Å²) in [7, 11) is 3.48. The summed E-state index contributed by atoms with van der Waals surface area (Å²) in [6, 6.07) is 32.1. The number of fused-ring (bicyclic) bond motifs is 6. The first-order valence-electron chi connectivity index (χ1n) is 14.3. The van der Waals surface area contributed by atoms with Crippen LogP contribution >= 0.6 is 15.9 Å². The summed E-state index contributed by atoms with van der Waals surface area (Å²) in [6.45, 7) is 0. The minimum atomic E-state index is 0.610. The first-order valence-corrected chi connectivity index (χ1v) is 15.1. The van der Waals surface area contributed by atoms with E-state index in [0.29, 0.717) is 5.92 Å². The molecule has 1 aliphatic carbocycles. The van der Waals surface area contributed by atoms with Crippen molar-refractivity contribution < 1.29 is 9.47 Å². The van der Waals surface area contributed by atoms with Crippen molar-refractivity contribution in [1.82, 2.24) is 4.98 Å². The quantitative estimate of drug-likeness (QED) is 0.184. The fourth-order valence-electron chi connectivity index (χ4n) is 6.33. The zero-order chi connectivity index (χ0) is 28.2. The van der Waals surface area contributed by atoms with Crippen molar-refractivity contribution in [3.63, 3.8) is 0 Å². The Morgan fingerprint density at radius 1 is 0.780 bits per heavy atom. The molecule has 1 aromatic heterocycles. The van der Waals surface area contributed by atoms with Crippen LogP contribution in [0.1, 0.15) is 41.9 Å². The highest BCUT2D eigenvalue weighted by molar-refractivity contribution is 9.10. The third kappa shape index (κ3) is 5.67. The molecule has 1 unspecified atom stereocenters. The van der Waals surface area contributed by atoms with E-state index in [0.717, 1.165) is 34.2 Å². The number of hydrogen-bond donors (Lipinski definition) is 0. The number of methoxy groups -OCH3 is 2. The van der Waals surface area contributed by atoms with Gasteiger partial charge in [0.2, 0.25) is 0 Å². The average Bonchev–Trinajstić information content (AvgIpc) is 3.03. The predicted molar refractivity (Wildman–Crippen MR) is 174 cm³/mol. The third-order valence-corrected chi connectivity index (χ3v) is 8.80. The Labute approximate surface area is 250 Å². The van der Waals surface area contributed by atoms with Crippen molar-refractivity contribution in [1.29, 1.82) is 0 Å². The highest BCUT2D eigenvalue weighted by Gasteiger charge is 2.23. The molecule has 0 fully saturated rings. The molecule has 0 saturated carbocycles. The van der Waals surface area contributed by atoms with E-state index in [1.807, 2.05) is 36.7 Å². The number of pyridine rings is 1. The van der Waals surface area contributed by atoms with Crippen molar-refractivity contribution in [2.45, 2.75) is 38.0 Å². The molecule has 1 aliphatic rings. The molecular formula is C37H34BrNO2. The van der Waals surface area contributed by atoms with Crippen molar-refractivity contribution in [2.75, 3.05) is 14.2 Å². The molecule has 0 radical (unpaired) electrons. The summed E-state index contributed by atoms with van der Waals surface area (Å²) >= 11 is 3.60. The average molecular weight is 605 g/mol. The summed E-state index contributed by atoms with van der Waals surface area (Å²) in [4.78, 5) is 4.01. The molecule has 3 nitrogen and oxygen atoms in total. The van der Waals surface area contributed by atoms with Gasteiger partial charge in [-0.1, -0.05) is 76.6 Å². The second-order valence-corrected chi connectivity index (χ2v) is 11.6. The molecule has 4 heteroatoms. The molecule has 0 N–H and O–H groups in total. The number of rotatable bonds is 5. The Kier molecular flexibility index (Phi) is 8.20. The maximum absolute atomic E-state index is 5.83. The van der Waals surface area contributed by atoms with Crippen LogP contribution in [0.5, 0.6) is 11.5 Å². The van der Waals surface area contributed by atoms with Gasteiger partial charge in [-0.05, 0) is 112 Å². The van der Waals surface area contributed by atoms with Crippen molar-refractivity contribution in [2.24, 2.45) is 0 Å². The molecule has 5 aromatic carbocycles. The van der Waals surface area contributed by atoms with Crippen molar-refractivity contribution >= 4 is 48.2 Å². The maximum Gasteiger partial charge on any atom is 0.131 e. The van der Waals surface area contributed by atoms with E-state index in [1.54, 1.807) is 14.2 Å². The Balaban J connectivity index is 0.000000253. The largest absolute Gasteiger partial charge is 0.496 e. The van der Waals surface area contributed by atoms with Gasteiger partial charge in [0.25, 0.3) is 0 Å². The van der Waals surface area contributed by atoms with E-state index in [1.165, 1.54) is 62.9 Å². The van der Waals surface area contributed by atoms with Gasteiger partial charge in [0.05, 0.1) is 19.6 Å². The molecule has 0 spiro atoms. The van der Waals surface area contributed by atoms with Crippen molar-refractivity contribution in [3.8, 4) is 11.5 Å². The van der Waals surface area contributed by atoms with E-state index in [4.69, 9.17) is 9.47 Å². The van der Waals surface area contributed by atoms with Crippen LogP contribution in [0.15, 0.2) is 108 Å². The number of nitrogens with zero attached hydrogens (tertiary/aromatic N) is 1. The fraction of sp³-hybridized carbons (Fsp3) is 0.216. The van der Waals surface area contributed by atoms with Crippen LogP contribution in [0.2, 0.25) is 0 Å². The van der Waals surface area contributed by atoms with Gasteiger partial charge in [0.1, 0.15) is 11.5 Å². The molecule has 0 saturated heterocycles. The molecule has 7 rings (SSSR count). The summed E-state index contributed by atoms with van der Waals surface area (Å²) in [6.07, 6.45) is 9.63. The Morgan fingerprint density at radius 2 is 1.61 bits per heavy atom. The van der Waals surface area contributed by atoms with Gasteiger partial charge < -0.3 is 9.47 Å². The SMILES string of the molecule is COc1cccc2c1c(OC)cc1c3c(ccc12)C(CCc1cccc(Br)c1)CCC3.c1ccc2cnccc2c1. The minimum Gasteiger partial charge on any atom is -0.496 e. The second-order valence-electron chi connectivity index (χ2n) is 10.7. The topological polar surface area (TPSA) is 31.4 Å². The number of halogens is 1. The molecule has 6 aromatic rings. The highest BCUT2D eigenvalue weighted by atomic mass is 79.9. The van der Waals surface area contributed by atoms with Crippen LogP contribution in [-0.2, 0) is 12.8 Å². The lowest BCUT2D eigenvalue weighted by atomic mass is 9.77. The van der Waals surface area contributed by atoms with E-state index in [9.17, 15) is 0 Å². The fourth-order valence-corrected chi connectivity index (χ4v) is 6.77. The van der Waals surface area contributed by atoms with Gasteiger partial charge in [-0.25, -0.2) is 0 Å². The predicted octanol–water partition coefficient (Wildman–Crippen LogP) is 10.1. The highest BCUT2D eigenvalue weighted by Crippen LogP contribution is 2.44. The monoisotopic (exact) mass is 603 g/mol. The van der Waals surface area contributed by atoms with E-state index in [2.05, 4.69) is 87.6 Å². The molecule has 0 bridgehead atoms. The molecule has 206 valence electrons. The van der Waals surface area contributed by atoms with Crippen LogP contribution in [-0.4, -0.2) is 19.2 Å². The first kappa shape index (κ1) is 27.3. The number of aryl methyl sites for hydroxylation is 2. The van der Waals surface area contributed by atoms with Gasteiger partial charge in [-0.15, -0.1) is 0 Å².